The van der Waals surface area contributed by atoms with Gasteiger partial charge in [0.05, 0.1) is 29.0 Å². The van der Waals surface area contributed by atoms with Crippen LogP contribution in [0.2, 0.25) is 0 Å². The zero-order valence-corrected chi connectivity index (χ0v) is 29.3. The van der Waals surface area contributed by atoms with Gasteiger partial charge in [0.2, 0.25) is 5.91 Å². The summed E-state index contributed by atoms with van der Waals surface area (Å²) >= 11 is 0. The lowest BCUT2D eigenvalue weighted by Gasteiger charge is -2.31. The molecule has 13 nitrogen and oxygen atoms in total. The van der Waals surface area contributed by atoms with Crippen molar-refractivity contribution in [3.05, 3.63) is 112 Å². The molecule has 4 aromatic heterocycles. The summed E-state index contributed by atoms with van der Waals surface area (Å²) in [5.41, 5.74) is 7.11. The highest BCUT2D eigenvalue weighted by Gasteiger charge is 2.29. The Morgan fingerprint density at radius 1 is 0.962 bits per heavy atom. The number of rotatable bonds is 5. The molecule has 2 aromatic carbocycles. The van der Waals surface area contributed by atoms with Crippen LogP contribution in [0.5, 0.6) is 5.75 Å². The molecule has 6 aromatic rings. The number of hydrogen-bond donors (Lipinski definition) is 2. The zero-order valence-electron chi connectivity index (χ0n) is 29.3. The summed E-state index contributed by atoms with van der Waals surface area (Å²) in [6.07, 6.45) is 7.12. The molecule has 0 aliphatic carbocycles. The molecule has 0 radical (unpaired) electrons. The molecule has 0 atom stereocenters. The van der Waals surface area contributed by atoms with Crippen LogP contribution >= 0.6 is 0 Å². The molecule has 13 heteroatoms. The van der Waals surface area contributed by atoms with Crippen LogP contribution < -0.4 is 26.0 Å². The first-order chi connectivity index (χ1) is 25.5. The highest BCUT2D eigenvalue weighted by atomic mass is 16.5. The van der Waals surface area contributed by atoms with E-state index in [0.29, 0.717) is 39.2 Å². The SMILES string of the molecule is Cn1c(=O)n(C)c2cc(C3=CC(C)(C)Oc4cc(-c5ccc(C(=O)NCC#Cc6ccc7occ(N8CCC(=O)NC8=O)c7c6)nc5)ncc43)ccc21. The van der Waals surface area contributed by atoms with Gasteiger partial charge < -0.3 is 14.5 Å². The van der Waals surface area contributed by atoms with Crippen molar-refractivity contribution in [2.24, 2.45) is 14.1 Å². The van der Waals surface area contributed by atoms with Crippen molar-refractivity contribution >= 4 is 51.1 Å². The van der Waals surface area contributed by atoms with Crippen LogP contribution in [-0.2, 0) is 18.9 Å². The highest BCUT2D eigenvalue weighted by molar-refractivity contribution is 6.09. The van der Waals surface area contributed by atoms with Gasteiger partial charge in [-0.05, 0) is 73.5 Å². The molecular formula is C40H33N7O6. The number of carbonyl (C=O) groups excluding carboxylic acids is 3. The average Bonchev–Trinajstić information content (AvgIpc) is 3.66. The Morgan fingerprint density at radius 2 is 1.77 bits per heavy atom. The molecule has 6 heterocycles. The van der Waals surface area contributed by atoms with Gasteiger partial charge in [0.25, 0.3) is 5.91 Å². The number of imidazole rings is 1. The minimum absolute atomic E-state index is 0.0814. The zero-order chi connectivity index (χ0) is 37.0. The van der Waals surface area contributed by atoms with Crippen LogP contribution in [0, 0.1) is 11.8 Å². The number of amides is 4. The number of ether oxygens (including phenoxy) is 1. The van der Waals surface area contributed by atoms with Crippen molar-refractivity contribution in [1.29, 1.82) is 0 Å². The maximum Gasteiger partial charge on any atom is 0.328 e. The monoisotopic (exact) mass is 707 g/mol. The molecule has 1 saturated heterocycles. The molecular weight excluding hydrogens is 674 g/mol. The molecule has 53 heavy (non-hydrogen) atoms. The second kappa shape index (κ2) is 12.7. The summed E-state index contributed by atoms with van der Waals surface area (Å²) in [5, 5.41) is 5.78. The first kappa shape index (κ1) is 33.2. The number of pyridine rings is 2. The number of nitrogens with one attached hydrogen (secondary N) is 2. The number of hydrogen-bond acceptors (Lipinski definition) is 8. The van der Waals surface area contributed by atoms with Gasteiger partial charge in [-0.25, -0.2) is 9.59 Å². The van der Waals surface area contributed by atoms with E-state index >= 15 is 0 Å². The molecule has 0 bridgehead atoms. The summed E-state index contributed by atoms with van der Waals surface area (Å²) in [5.74, 6) is 5.96. The second-order valence-corrected chi connectivity index (χ2v) is 13.4. The number of anilines is 1. The van der Waals surface area contributed by atoms with Crippen molar-refractivity contribution in [3.8, 4) is 28.8 Å². The predicted octanol–water partition coefficient (Wildman–Crippen LogP) is 4.91. The van der Waals surface area contributed by atoms with E-state index in [9.17, 15) is 19.2 Å². The third-order valence-corrected chi connectivity index (χ3v) is 9.36. The lowest BCUT2D eigenvalue weighted by Crippen LogP contribution is -2.49. The number of carbonyl (C=O) groups is 3. The van der Waals surface area contributed by atoms with E-state index in [1.54, 1.807) is 66.0 Å². The third kappa shape index (κ3) is 6.10. The van der Waals surface area contributed by atoms with E-state index in [1.165, 1.54) is 11.2 Å². The van der Waals surface area contributed by atoms with E-state index < -0.39 is 11.6 Å². The number of fused-ring (bicyclic) bond motifs is 3. The Kier molecular flexibility index (Phi) is 7.95. The van der Waals surface area contributed by atoms with Crippen LogP contribution in [0.4, 0.5) is 10.5 Å². The van der Waals surface area contributed by atoms with Crippen molar-refractivity contribution in [2.75, 3.05) is 18.0 Å². The molecule has 2 aliphatic heterocycles. The highest BCUT2D eigenvalue weighted by Crippen LogP contribution is 2.41. The maximum absolute atomic E-state index is 12.9. The molecule has 0 spiro atoms. The predicted molar refractivity (Wildman–Crippen MR) is 198 cm³/mol. The second-order valence-electron chi connectivity index (χ2n) is 13.4. The van der Waals surface area contributed by atoms with E-state index in [-0.39, 0.29) is 42.7 Å². The molecule has 4 amide bonds. The Bertz CT molecular complexity index is 2670. The summed E-state index contributed by atoms with van der Waals surface area (Å²) in [6, 6.07) is 16.1. The number of aromatic nitrogens is 4. The summed E-state index contributed by atoms with van der Waals surface area (Å²) < 4.78 is 15.2. The summed E-state index contributed by atoms with van der Waals surface area (Å²) in [4.78, 5) is 59.9. The Morgan fingerprint density at radius 3 is 2.57 bits per heavy atom. The van der Waals surface area contributed by atoms with Crippen LogP contribution in [0.3, 0.4) is 0 Å². The van der Waals surface area contributed by atoms with Gasteiger partial charge >= 0.3 is 11.7 Å². The van der Waals surface area contributed by atoms with E-state index in [0.717, 1.165) is 27.7 Å². The van der Waals surface area contributed by atoms with Crippen LogP contribution in [0.25, 0.3) is 38.8 Å². The molecule has 2 N–H and O–H groups in total. The lowest BCUT2D eigenvalue weighted by molar-refractivity contribution is -0.120. The van der Waals surface area contributed by atoms with E-state index in [1.807, 2.05) is 38.1 Å². The van der Waals surface area contributed by atoms with Gasteiger partial charge in [0.15, 0.2) is 0 Å². The largest absolute Gasteiger partial charge is 0.483 e. The minimum Gasteiger partial charge on any atom is -0.483 e. The van der Waals surface area contributed by atoms with Gasteiger partial charge in [-0.15, -0.1) is 0 Å². The van der Waals surface area contributed by atoms with Gasteiger partial charge in [-0.3, -0.25) is 38.9 Å². The summed E-state index contributed by atoms with van der Waals surface area (Å²) in [7, 11) is 3.53. The number of benzene rings is 2. The molecule has 8 rings (SSSR count). The number of nitrogens with zero attached hydrogens (tertiary/aromatic N) is 5. The van der Waals surface area contributed by atoms with Gasteiger partial charge in [0.1, 0.15) is 28.9 Å². The maximum atomic E-state index is 12.9. The quantitative estimate of drug-likeness (QED) is 0.240. The number of urea groups is 1. The number of furan rings is 1. The molecule has 0 unspecified atom stereocenters. The normalized spacial score (nSPS) is 14.9. The Hall–Kier alpha value is -6.94. The minimum atomic E-state index is -0.607. The van der Waals surface area contributed by atoms with E-state index in [2.05, 4.69) is 33.5 Å². The first-order valence-electron chi connectivity index (χ1n) is 16.9. The number of aryl methyl sites for hydroxylation is 2. The summed E-state index contributed by atoms with van der Waals surface area (Å²) in [6.45, 7) is 4.31. The van der Waals surface area contributed by atoms with Gasteiger partial charge in [-0.1, -0.05) is 17.9 Å². The van der Waals surface area contributed by atoms with Crippen molar-refractivity contribution in [2.45, 2.75) is 25.9 Å². The standard InChI is InChI=1S/C40H33N7O6/c1-40(2)19-27(24-9-11-31-32(17-24)46(4)39(51)45(31)3)28-21-43-30(18-35(28)53-40)25-8-10-29(42-20-25)37(49)41-14-5-6-23-7-12-34-26(16-23)33(22-52-34)47-15-13-36(48)44-38(47)50/h7-12,16-22H,13-15H2,1-4H3,(H,41,49)(H,44,48,50). The fourth-order valence-electron chi connectivity index (χ4n) is 6.67. The van der Waals surface area contributed by atoms with Gasteiger partial charge in [-0.2, -0.15) is 0 Å². The smallest absolute Gasteiger partial charge is 0.328 e. The molecule has 2 aliphatic rings. The van der Waals surface area contributed by atoms with Gasteiger partial charge in [0, 0.05) is 67.6 Å². The van der Waals surface area contributed by atoms with Crippen LogP contribution in [0.1, 0.15) is 47.4 Å². The molecule has 264 valence electrons. The van der Waals surface area contributed by atoms with Crippen LogP contribution in [-0.4, -0.2) is 55.6 Å². The fraction of sp³-hybridized carbons (Fsp3) is 0.200. The van der Waals surface area contributed by atoms with Crippen molar-refractivity contribution < 1.29 is 23.5 Å². The third-order valence-electron chi connectivity index (χ3n) is 9.36. The topological polar surface area (TPSA) is 154 Å². The van der Waals surface area contributed by atoms with Crippen molar-refractivity contribution in [1.82, 2.24) is 29.7 Å². The fourth-order valence-corrected chi connectivity index (χ4v) is 6.67. The number of imide groups is 1. The average molecular weight is 708 g/mol. The Balaban J connectivity index is 0.953. The lowest BCUT2D eigenvalue weighted by atomic mass is 9.90. The van der Waals surface area contributed by atoms with Crippen molar-refractivity contribution in [3.63, 3.8) is 0 Å². The van der Waals surface area contributed by atoms with E-state index in [4.69, 9.17) is 14.1 Å². The molecule has 1 fully saturated rings. The van der Waals surface area contributed by atoms with Crippen LogP contribution in [0.15, 0.2) is 88.5 Å². The molecule has 0 saturated carbocycles. The first-order valence-corrected chi connectivity index (χ1v) is 16.9. The Labute approximate surface area is 302 Å².